The highest BCUT2D eigenvalue weighted by atomic mass is 19.1. The molecule has 0 radical (unpaired) electrons. The van der Waals surface area contributed by atoms with Crippen molar-refractivity contribution in [3.05, 3.63) is 65.6 Å². The van der Waals surface area contributed by atoms with E-state index < -0.39 is 11.7 Å². The van der Waals surface area contributed by atoms with Gasteiger partial charge >= 0.3 is 0 Å². The summed E-state index contributed by atoms with van der Waals surface area (Å²) in [6.45, 7) is 7.79. The molecule has 3 aromatic heterocycles. The Morgan fingerprint density at radius 2 is 2.00 bits per heavy atom. The Morgan fingerprint density at radius 1 is 1.21 bits per heavy atom. The number of anilines is 2. The van der Waals surface area contributed by atoms with Crippen LogP contribution in [0.1, 0.15) is 48.3 Å². The van der Waals surface area contributed by atoms with E-state index >= 15 is 0 Å². The standard InChI is InChI=1S/C23H25FN8O2/c1-13-6-16(19-26-12-27-22(31-19)29-15-9-28-32(5)10-15)17(24)7-14(13)8-25-20(33)18-11-34-21(30-18)23(2,3)4/h6-7,9-12H,8H2,1-5H3,(H,25,33)(H,26,27,29,31). The minimum atomic E-state index is -0.509. The van der Waals surface area contributed by atoms with Crippen LogP contribution in [0, 0.1) is 12.7 Å². The van der Waals surface area contributed by atoms with Crippen molar-refractivity contribution in [1.82, 2.24) is 35.0 Å². The number of carbonyl (C=O) groups is 1. The number of nitrogens with one attached hydrogen (secondary N) is 2. The zero-order valence-electron chi connectivity index (χ0n) is 19.5. The van der Waals surface area contributed by atoms with Crippen molar-refractivity contribution in [2.45, 2.75) is 39.7 Å². The van der Waals surface area contributed by atoms with Gasteiger partial charge in [0.25, 0.3) is 5.91 Å². The minimum Gasteiger partial charge on any atom is -0.448 e. The van der Waals surface area contributed by atoms with Gasteiger partial charge < -0.3 is 15.1 Å². The lowest BCUT2D eigenvalue weighted by molar-refractivity contribution is 0.0945. The molecule has 1 amide bonds. The maximum Gasteiger partial charge on any atom is 0.273 e. The topological polar surface area (TPSA) is 124 Å². The number of aromatic nitrogens is 6. The number of carbonyl (C=O) groups excluding carboxylic acids is 1. The van der Waals surface area contributed by atoms with Crippen molar-refractivity contribution in [1.29, 1.82) is 0 Å². The Balaban J connectivity index is 1.48. The van der Waals surface area contributed by atoms with Gasteiger partial charge in [0.15, 0.2) is 17.4 Å². The first-order chi connectivity index (χ1) is 16.1. The number of halogens is 1. The lowest BCUT2D eigenvalue weighted by Crippen LogP contribution is -2.24. The summed E-state index contributed by atoms with van der Waals surface area (Å²) in [5, 5.41) is 9.84. The molecule has 0 bridgehead atoms. The second-order valence-electron chi connectivity index (χ2n) is 8.89. The number of amides is 1. The van der Waals surface area contributed by atoms with Crippen LogP contribution in [0.25, 0.3) is 11.4 Å². The molecule has 0 saturated heterocycles. The van der Waals surface area contributed by atoms with Crippen molar-refractivity contribution in [3.8, 4) is 11.4 Å². The molecule has 10 nitrogen and oxygen atoms in total. The molecule has 0 spiro atoms. The van der Waals surface area contributed by atoms with Crippen LogP contribution in [0.5, 0.6) is 0 Å². The van der Waals surface area contributed by atoms with Crippen molar-refractivity contribution in [3.63, 3.8) is 0 Å². The van der Waals surface area contributed by atoms with Crippen molar-refractivity contribution in [2.75, 3.05) is 5.32 Å². The smallest absolute Gasteiger partial charge is 0.273 e. The van der Waals surface area contributed by atoms with Gasteiger partial charge in [0, 0.05) is 25.2 Å². The van der Waals surface area contributed by atoms with Gasteiger partial charge in [-0.3, -0.25) is 9.48 Å². The summed E-state index contributed by atoms with van der Waals surface area (Å²) in [5.74, 6) is 0.0269. The molecular formula is C23H25FN8O2. The van der Waals surface area contributed by atoms with E-state index in [0.29, 0.717) is 17.1 Å². The molecule has 176 valence electrons. The quantitative estimate of drug-likeness (QED) is 0.443. The summed E-state index contributed by atoms with van der Waals surface area (Å²) in [5.41, 5.74) is 2.20. The number of oxazole rings is 1. The molecule has 3 heterocycles. The molecule has 4 aromatic rings. The number of rotatable bonds is 6. The molecule has 0 aliphatic rings. The van der Waals surface area contributed by atoms with E-state index in [1.807, 2.05) is 27.7 Å². The minimum absolute atomic E-state index is 0.130. The highest BCUT2D eigenvalue weighted by Gasteiger charge is 2.22. The van der Waals surface area contributed by atoms with Crippen LogP contribution in [0.3, 0.4) is 0 Å². The Hall–Kier alpha value is -4.15. The van der Waals surface area contributed by atoms with Gasteiger partial charge in [-0.2, -0.15) is 10.1 Å². The number of nitrogens with zero attached hydrogens (tertiary/aromatic N) is 6. The van der Waals surface area contributed by atoms with Gasteiger partial charge in [-0.15, -0.1) is 0 Å². The number of aryl methyl sites for hydroxylation is 2. The first-order valence-corrected chi connectivity index (χ1v) is 10.6. The van der Waals surface area contributed by atoms with Crippen LogP contribution in [0.2, 0.25) is 0 Å². The fourth-order valence-corrected chi connectivity index (χ4v) is 3.17. The number of benzene rings is 1. The first-order valence-electron chi connectivity index (χ1n) is 10.6. The molecule has 0 saturated carbocycles. The summed E-state index contributed by atoms with van der Waals surface area (Å²) in [6.07, 6.45) is 6.03. The predicted octanol–water partition coefficient (Wildman–Crippen LogP) is 3.68. The predicted molar refractivity (Wildman–Crippen MR) is 123 cm³/mol. The van der Waals surface area contributed by atoms with Gasteiger partial charge in [0.2, 0.25) is 5.95 Å². The van der Waals surface area contributed by atoms with E-state index in [-0.39, 0.29) is 35.0 Å². The molecular weight excluding hydrogens is 439 g/mol. The second-order valence-corrected chi connectivity index (χ2v) is 8.89. The Kier molecular flexibility index (Phi) is 6.10. The van der Waals surface area contributed by atoms with Gasteiger partial charge in [0.1, 0.15) is 18.4 Å². The van der Waals surface area contributed by atoms with E-state index in [1.54, 1.807) is 30.2 Å². The molecule has 0 atom stereocenters. The highest BCUT2D eigenvalue weighted by Crippen LogP contribution is 2.25. The summed E-state index contributed by atoms with van der Waals surface area (Å²) >= 11 is 0. The lowest BCUT2D eigenvalue weighted by Gasteiger charge is -2.12. The van der Waals surface area contributed by atoms with Crippen LogP contribution in [0.4, 0.5) is 16.0 Å². The van der Waals surface area contributed by atoms with E-state index in [2.05, 4.69) is 35.7 Å². The zero-order valence-corrected chi connectivity index (χ0v) is 19.5. The summed E-state index contributed by atoms with van der Waals surface area (Å²) in [4.78, 5) is 29.2. The maximum absolute atomic E-state index is 15.0. The number of hydrogen-bond donors (Lipinski definition) is 2. The number of hydrogen-bond acceptors (Lipinski definition) is 8. The van der Waals surface area contributed by atoms with Crippen LogP contribution < -0.4 is 10.6 Å². The molecule has 2 N–H and O–H groups in total. The fourth-order valence-electron chi connectivity index (χ4n) is 3.17. The van der Waals surface area contributed by atoms with Gasteiger partial charge in [0.05, 0.1) is 17.4 Å². The molecule has 0 aliphatic carbocycles. The second kappa shape index (κ2) is 9.00. The Labute approximate surface area is 195 Å². The van der Waals surface area contributed by atoms with Crippen LogP contribution in [-0.2, 0) is 19.0 Å². The maximum atomic E-state index is 15.0. The van der Waals surface area contributed by atoms with Crippen molar-refractivity contribution < 1.29 is 13.6 Å². The highest BCUT2D eigenvalue weighted by molar-refractivity contribution is 5.91. The monoisotopic (exact) mass is 464 g/mol. The molecule has 4 rings (SSSR count). The molecule has 0 fully saturated rings. The third-order valence-electron chi connectivity index (χ3n) is 5.02. The molecule has 11 heteroatoms. The normalized spacial score (nSPS) is 11.5. The summed E-state index contributed by atoms with van der Waals surface area (Å²) in [6, 6.07) is 3.01. The average molecular weight is 465 g/mol. The molecule has 1 aromatic carbocycles. The third kappa shape index (κ3) is 5.08. The summed E-state index contributed by atoms with van der Waals surface area (Å²) < 4.78 is 22.0. The first kappa shape index (κ1) is 23.0. The van der Waals surface area contributed by atoms with Crippen molar-refractivity contribution >= 4 is 17.5 Å². The Bertz CT molecular complexity index is 1340. The van der Waals surface area contributed by atoms with Crippen molar-refractivity contribution in [2.24, 2.45) is 7.05 Å². The SMILES string of the molecule is Cc1cc(-c2ncnc(Nc3cnn(C)c3)n2)c(F)cc1CNC(=O)c1coc(C(C)(C)C)n1. The van der Waals surface area contributed by atoms with Crippen LogP contribution in [0.15, 0.2) is 41.5 Å². The molecule has 0 unspecified atom stereocenters. The van der Waals surface area contributed by atoms with Gasteiger partial charge in [-0.05, 0) is 30.2 Å². The Morgan fingerprint density at radius 3 is 2.68 bits per heavy atom. The van der Waals surface area contributed by atoms with Crippen LogP contribution in [-0.4, -0.2) is 35.6 Å². The lowest BCUT2D eigenvalue weighted by atomic mass is 9.97. The van der Waals surface area contributed by atoms with Gasteiger partial charge in [-0.25, -0.2) is 19.3 Å². The van der Waals surface area contributed by atoms with Crippen LogP contribution >= 0.6 is 0 Å². The molecule has 0 aliphatic heterocycles. The molecule has 34 heavy (non-hydrogen) atoms. The summed E-state index contributed by atoms with van der Waals surface area (Å²) in [7, 11) is 1.79. The fraction of sp³-hybridized carbons (Fsp3) is 0.304. The average Bonchev–Trinajstić information content (AvgIpc) is 3.43. The third-order valence-corrected chi connectivity index (χ3v) is 5.02. The van der Waals surface area contributed by atoms with Gasteiger partial charge in [-0.1, -0.05) is 20.8 Å². The van der Waals surface area contributed by atoms with E-state index in [1.165, 1.54) is 18.7 Å². The van der Waals surface area contributed by atoms with E-state index in [4.69, 9.17) is 4.42 Å². The van der Waals surface area contributed by atoms with E-state index in [9.17, 15) is 9.18 Å². The van der Waals surface area contributed by atoms with E-state index in [0.717, 1.165) is 5.56 Å². The zero-order chi connectivity index (χ0) is 24.5. The largest absolute Gasteiger partial charge is 0.448 e.